The van der Waals surface area contributed by atoms with Crippen molar-refractivity contribution in [2.45, 2.75) is 31.7 Å². The molecule has 2 amide bonds. The normalized spacial score (nSPS) is 24.7. The number of rotatable bonds is 4. The van der Waals surface area contributed by atoms with E-state index in [4.69, 9.17) is 23.2 Å². The molecule has 1 spiro atoms. The summed E-state index contributed by atoms with van der Waals surface area (Å²) in [6, 6.07) is 8.15. The second kappa shape index (κ2) is 7.90. The average molecular weight is 481 g/mol. The minimum absolute atomic E-state index is 0.00906. The number of amides is 2. The third-order valence-electron chi connectivity index (χ3n) is 6.60. The zero-order chi connectivity index (χ0) is 23.4. The van der Waals surface area contributed by atoms with Gasteiger partial charge in [0.1, 0.15) is 11.2 Å². The van der Waals surface area contributed by atoms with E-state index in [1.807, 2.05) is 13.8 Å². The minimum Gasteiger partial charge on any atom is -0.465 e. The molecular weight excluding hydrogens is 458 g/mol. The fourth-order valence-corrected chi connectivity index (χ4v) is 5.61. The van der Waals surface area contributed by atoms with Crippen molar-refractivity contribution >= 4 is 40.9 Å². The van der Waals surface area contributed by atoms with E-state index in [2.05, 4.69) is 5.32 Å². The van der Waals surface area contributed by atoms with Gasteiger partial charge >= 0.3 is 6.09 Å². The van der Waals surface area contributed by atoms with Gasteiger partial charge < -0.3 is 15.5 Å². The second-order valence-electron chi connectivity index (χ2n) is 9.22. The monoisotopic (exact) mass is 480 g/mol. The molecule has 32 heavy (non-hydrogen) atoms. The number of carbonyl (C=O) groups excluding carboxylic acids is 1. The zero-order valence-electron chi connectivity index (χ0n) is 17.5. The molecule has 2 aromatic carbocycles. The molecule has 2 aromatic rings. The van der Waals surface area contributed by atoms with Crippen LogP contribution in [0.4, 0.5) is 14.9 Å². The van der Waals surface area contributed by atoms with E-state index in [0.717, 1.165) is 4.90 Å². The quantitative estimate of drug-likeness (QED) is 0.568. The summed E-state index contributed by atoms with van der Waals surface area (Å²) in [6.45, 7) is 3.52. The van der Waals surface area contributed by atoms with Gasteiger partial charge in [-0.25, -0.2) is 9.18 Å². The van der Waals surface area contributed by atoms with Gasteiger partial charge in [0.15, 0.2) is 0 Å². The molecule has 0 aromatic heterocycles. The van der Waals surface area contributed by atoms with Crippen molar-refractivity contribution in [3.8, 4) is 0 Å². The lowest BCUT2D eigenvalue weighted by Gasteiger charge is -2.38. The highest BCUT2D eigenvalue weighted by Gasteiger charge is 2.65. The van der Waals surface area contributed by atoms with Crippen LogP contribution in [0.2, 0.25) is 10.0 Å². The molecule has 1 unspecified atom stereocenters. The van der Waals surface area contributed by atoms with Crippen LogP contribution >= 0.6 is 23.2 Å². The van der Waals surface area contributed by atoms with Gasteiger partial charge in [-0.15, -0.1) is 0 Å². The van der Waals surface area contributed by atoms with E-state index in [9.17, 15) is 19.8 Å². The van der Waals surface area contributed by atoms with Crippen LogP contribution in [0, 0.1) is 17.2 Å². The van der Waals surface area contributed by atoms with E-state index in [-0.39, 0.29) is 23.7 Å². The molecular formula is C23H23Cl2FN2O4. The average Bonchev–Trinajstić information content (AvgIpc) is 3.20. The Kier molecular flexibility index (Phi) is 5.64. The lowest BCUT2D eigenvalue weighted by molar-refractivity contribution is -0.123. The van der Waals surface area contributed by atoms with Crippen LogP contribution in [0.1, 0.15) is 37.4 Å². The number of carboxylic acid groups (broad SMARTS) is 1. The number of aliphatic hydroxyl groups is 1. The SMILES string of the molecule is CC(C)(CO)C[C@@H]1CN(C(=O)O)[C@H](c2cccc(Cl)c2F)C12C(=O)Nc1cc(Cl)ccc12. The molecule has 2 aliphatic heterocycles. The van der Waals surface area contributed by atoms with Crippen LogP contribution in [-0.2, 0) is 10.2 Å². The fraction of sp³-hybridized carbons (Fsp3) is 0.391. The van der Waals surface area contributed by atoms with Crippen molar-refractivity contribution < 1.29 is 24.2 Å². The number of nitrogens with one attached hydrogen (secondary N) is 1. The number of likely N-dealkylation sites (tertiary alicyclic amines) is 1. The highest BCUT2D eigenvalue weighted by atomic mass is 35.5. The number of fused-ring (bicyclic) bond motifs is 2. The Bertz CT molecular complexity index is 1110. The summed E-state index contributed by atoms with van der Waals surface area (Å²) in [5.74, 6) is -1.73. The molecule has 9 heteroatoms. The summed E-state index contributed by atoms with van der Waals surface area (Å²) >= 11 is 12.2. The third kappa shape index (κ3) is 3.34. The van der Waals surface area contributed by atoms with Crippen LogP contribution in [-0.4, -0.2) is 40.3 Å². The minimum atomic E-state index is -1.42. The number of hydrogen-bond acceptors (Lipinski definition) is 3. The van der Waals surface area contributed by atoms with Gasteiger partial charge in [0.25, 0.3) is 0 Å². The van der Waals surface area contributed by atoms with E-state index >= 15 is 4.39 Å². The van der Waals surface area contributed by atoms with Crippen molar-refractivity contribution in [2.75, 3.05) is 18.5 Å². The predicted molar refractivity (Wildman–Crippen MR) is 120 cm³/mol. The molecule has 1 fully saturated rings. The fourth-order valence-electron chi connectivity index (χ4n) is 5.25. The van der Waals surface area contributed by atoms with E-state index < -0.39 is 40.6 Å². The highest BCUT2D eigenvalue weighted by molar-refractivity contribution is 6.31. The second-order valence-corrected chi connectivity index (χ2v) is 10.1. The summed E-state index contributed by atoms with van der Waals surface area (Å²) in [4.78, 5) is 27.2. The van der Waals surface area contributed by atoms with Crippen molar-refractivity contribution in [1.29, 1.82) is 0 Å². The number of hydrogen-bond donors (Lipinski definition) is 3. The largest absolute Gasteiger partial charge is 0.465 e. The molecule has 3 N–H and O–H groups in total. The molecule has 4 rings (SSSR count). The van der Waals surface area contributed by atoms with Crippen LogP contribution in [0.3, 0.4) is 0 Å². The summed E-state index contributed by atoms with van der Waals surface area (Å²) in [7, 11) is 0. The van der Waals surface area contributed by atoms with Gasteiger partial charge in [-0.2, -0.15) is 0 Å². The summed E-state index contributed by atoms with van der Waals surface area (Å²) < 4.78 is 15.3. The van der Waals surface area contributed by atoms with Crippen LogP contribution in [0.25, 0.3) is 0 Å². The van der Waals surface area contributed by atoms with Crippen molar-refractivity contribution in [2.24, 2.45) is 11.3 Å². The molecule has 170 valence electrons. The lowest BCUT2D eigenvalue weighted by atomic mass is 9.63. The number of nitrogens with zero attached hydrogens (tertiary/aromatic N) is 1. The predicted octanol–water partition coefficient (Wildman–Crippen LogP) is 5.08. The first kappa shape index (κ1) is 22.8. The first-order valence-corrected chi connectivity index (χ1v) is 10.9. The van der Waals surface area contributed by atoms with Crippen molar-refractivity contribution in [1.82, 2.24) is 4.90 Å². The Labute approximate surface area is 194 Å². The van der Waals surface area contributed by atoms with Gasteiger partial charge in [0.2, 0.25) is 5.91 Å². The maximum Gasteiger partial charge on any atom is 0.407 e. The van der Waals surface area contributed by atoms with Crippen LogP contribution < -0.4 is 5.32 Å². The zero-order valence-corrected chi connectivity index (χ0v) is 19.0. The first-order chi connectivity index (χ1) is 15.0. The number of benzene rings is 2. The first-order valence-electron chi connectivity index (χ1n) is 10.2. The van der Waals surface area contributed by atoms with Gasteiger partial charge in [0, 0.05) is 29.4 Å². The van der Waals surface area contributed by atoms with Crippen molar-refractivity contribution in [3.63, 3.8) is 0 Å². The highest BCUT2D eigenvalue weighted by Crippen LogP contribution is 2.60. The molecule has 0 radical (unpaired) electrons. The topological polar surface area (TPSA) is 89.9 Å². The lowest BCUT2D eigenvalue weighted by Crippen LogP contribution is -2.46. The Morgan fingerprint density at radius 3 is 2.69 bits per heavy atom. The smallest absolute Gasteiger partial charge is 0.407 e. The summed E-state index contributed by atoms with van der Waals surface area (Å²) in [5.41, 5.74) is -0.968. The van der Waals surface area contributed by atoms with Gasteiger partial charge in [-0.3, -0.25) is 9.69 Å². The molecule has 0 saturated carbocycles. The molecule has 0 bridgehead atoms. The van der Waals surface area contributed by atoms with E-state index in [1.165, 1.54) is 18.2 Å². The third-order valence-corrected chi connectivity index (χ3v) is 7.13. The van der Waals surface area contributed by atoms with Gasteiger partial charge in [-0.1, -0.05) is 55.2 Å². The van der Waals surface area contributed by atoms with E-state index in [1.54, 1.807) is 18.2 Å². The van der Waals surface area contributed by atoms with Gasteiger partial charge in [0.05, 0.1) is 11.1 Å². The molecule has 2 aliphatic rings. The van der Waals surface area contributed by atoms with Gasteiger partial charge in [-0.05, 0) is 41.5 Å². The summed E-state index contributed by atoms with van der Waals surface area (Å²) in [6.07, 6.45) is -0.935. The molecule has 1 saturated heterocycles. The van der Waals surface area contributed by atoms with Crippen molar-refractivity contribution in [3.05, 3.63) is 63.4 Å². The summed E-state index contributed by atoms with van der Waals surface area (Å²) in [5, 5.41) is 23.1. The Morgan fingerprint density at radius 2 is 2.03 bits per heavy atom. The van der Waals surface area contributed by atoms with E-state index in [0.29, 0.717) is 22.7 Å². The standard InChI is InChI=1S/C23H23Cl2FN2O4/c1-22(2,11-29)9-12-10-28(21(31)32)19(14-4-3-5-16(25)18(14)26)23(12)15-7-6-13(24)8-17(15)27-20(23)30/h3-8,12,19,29H,9-11H2,1-2H3,(H,27,30)(H,31,32)/t12-,19-,23?/m1/s1. The molecule has 0 aliphatic carbocycles. The van der Waals surface area contributed by atoms with Crippen LogP contribution in [0.5, 0.6) is 0 Å². The Morgan fingerprint density at radius 1 is 1.31 bits per heavy atom. The molecule has 3 atom stereocenters. The number of anilines is 1. The maximum absolute atomic E-state index is 15.3. The molecule has 6 nitrogen and oxygen atoms in total. The maximum atomic E-state index is 15.3. The number of carbonyl (C=O) groups is 2. The molecule has 2 heterocycles. The Hall–Kier alpha value is -2.35. The Balaban J connectivity index is 2.03. The van der Waals surface area contributed by atoms with Crippen LogP contribution in [0.15, 0.2) is 36.4 Å². The number of halogens is 3. The number of aliphatic hydroxyl groups excluding tert-OH is 1.